The zero-order valence-electron chi connectivity index (χ0n) is 9.24. The molecular formula is C10H16N4S. The van der Waals surface area contributed by atoms with Gasteiger partial charge in [-0.25, -0.2) is 9.97 Å². The summed E-state index contributed by atoms with van der Waals surface area (Å²) in [7, 11) is 0. The zero-order valence-corrected chi connectivity index (χ0v) is 10.1. The van der Waals surface area contributed by atoms with E-state index in [9.17, 15) is 0 Å². The molecule has 0 fully saturated rings. The van der Waals surface area contributed by atoms with Crippen LogP contribution in [0.4, 0.5) is 5.82 Å². The fourth-order valence-corrected chi connectivity index (χ4v) is 1.01. The van der Waals surface area contributed by atoms with Gasteiger partial charge in [-0.05, 0) is 5.41 Å². The maximum Gasteiger partial charge on any atom is 0.144 e. The SMILES string of the molecule is CC(C)(C)CNc1cnc(C(N)=S)cn1. The molecule has 1 heterocycles. The van der Waals surface area contributed by atoms with Gasteiger partial charge in [-0.3, -0.25) is 0 Å². The van der Waals surface area contributed by atoms with Crippen molar-refractivity contribution >= 4 is 23.0 Å². The van der Waals surface area contributed by atoms with Crippen molar-refractivity contribution in [2.45, 2.75) is 20.8 Å². The number of aromatic nitrogens is 2. The highest BCUT2D eigenvalue weighted by Gasteiger charge is 2.09. The van der Waals surface area contributed by atoms with Crippen molar-refractivity contribution in [3.63, 3.8) is 0 Å². The minimum atomic E-state index is 0.212. The molecule has 5 heteroatoms. The van der Waals surface area contributed by atoms with E-state index in [0.717, 1.165) is 12.4 Å². The van der Waals surface area contributed by atoms with Crippen LogP contribution in [-0.4, -0.2) is 21.5 Å². The van der Waals surface area contributed by atoms with Gasteiger partial charge in [0.15, 0.2) is 0 Å². The summed E-state index contributed by atoms with van der Waals surface area (Å²) >= 11 is 4.78. The van der Waals surface area contributed by atoms with E-state index in [4.69, 9.17) is 18.0 Å². The van der Waals surface area contributed by atoms with E-state index in [1.807, 2.05) is 0 Å². The molecule has 4 nitrogen and oxygen atoms in total. The van der Waals surface area contributed by atoms with Crippen molar-refractivity contribution in [2.75, 3.05) is 11.9 Å². The number of anilines is 1. The molecule has 1 aromatic rings. The van der Waals surface area contributed by atoms with Crippen molar-refractivity contribution in [3.05, 3.63) is 18.1 Å². The number of hydrogen-bond donors (Lipinski definition) is 2. The van der Waals surface area contributed by atoms with E-state index >= 15 is 0 Å². The van der Waals surface area contributed by atoms with Gasteiger partial charge < -0.3 is 11.1 Å². The minimum Gasteiger partial charge on any atom is -0.388 e. The molecule has 0 atom stereocenters. The van der Waals surface area contributed by atoms with Crippen molar-refractivity contribution in [1.82, 2.24) is 9.97 Å². The second kappa shape index (κ2) is 4.53. The van der Waals surface area contributed by atoms with Crippen LogP contribution in [0.15, 0.2) is 12.4 Å². The quantitative estimate of drug-likeness (QED) is 0.763. The molecule has 0 aliphatic rings. The molecule has 0 amide bonds. The molecule has 0 aromatic carbocycles. The van der Waals surface area contributed by atoms with Gasteiger partial charge in [-0.2, -0.15) is 0 Å². The number of thiocarbonyl (C=S) groups is 1. The van der Waals surface area contributed by atoms with E-state index in [-0.39, 0.29) is 10.4 Å². The first-order valence-corrected chi connectivity index (χ1v) is 5.15. The Morgan fingerprint density at radius 3 is 2.47 bits per heavy atom. The predicted octanol–water partition coefficient (Wildman–Crippen LogP) is 1.57. The van der Waals surface area contributed by atoms with Gasteiger partial charge in [-0.15, -0.1) is 0 Å². The van der Waals surface area contributed by atoms with E-state index < -0.39 is 0 Å². The summed E-state index contributed by atoms with van der Waals surface area (Å²) in [6.07, 6.45) is 3.22. The lowest BCUT2D eigenvalue weighted by Crippen LogP contribution is -2.20. The molecule has 0 bridgehead atoms. The summed E-state index contributed by atoms with van der Waals surface area (Å²) < 4.78 is 0. The van der Waals surface area contributed by atoms with E-state index in [2.05, 4.69) is 36.1 Å². The zero-order chi connectivity index (χ0) is 11.5. The van der Waals surface area contributed by atoms with Crippen molar-refractivity contribution < 1.29 is 0 Å². The number of nitrogens with zero attached hydrogens (tertiary/aromatic N) is 2. The number of rotatable bonds is 3. The summed E-state index contributed by atoms with van der Waals surface area (Å²) in [6, 6.07) is 0. The molecule has 0 saturated carbocycles. The summed E-state index contributed by atoms with van der Waals surface area (Å²) in [4.78, 5) is 8.52. The van der Waals surface area contributed by atoms with Gasteiger partial charge in [0.1, 0.15) is 16.5 Å². The molecule has 0 radical (unpaired) electrons. The lowest BCUT2D eigenvalue weighted by molar-refractivity contribution is 0.442. The summed E-state index contributed by atoms with van der Waals surface area (Å²) in [5, 5.41) is 3.19. The Bertz CT molecular complexity index is 339. The van der Waals surface area contributed by atoms with Gasteiger partial charge >= 0.3 is 0 Å². The Morgan fingerprint density at radius 2 is 2.07 bits per heavy atom. The maximum absolute atomic E-state index is 5.42. The summed E-state index contributed by atoms with van der Waals surface area (Å²) in [5.41, 5.74) is 6.17. The van der Waals surface area contributed by atoms with Crippen LogP contribution in [0, 0.1) is 5.41 Å². The fourth-order valence-electron chi connectivity index (χ4n) is 0.902. The second-order valence-electron chi connectivity index (χ2n) is 4.57. The van der Waals surface area contributed by atoms with Gasteiger partial charge in [0.2, 0.25) is 0 Å². The lowest BCUT2D eigenvalue weighted by atomic mass is 9.97. The van der Waals surface area contributed by atoms with Crippen molar-refractivity contribution in [1.29, 1.82) is 0 Å². The Hall–Kier alpha value is -1.23. The predicted molar refractivity (Wildman–Crippen MR) is 65.9 cm³/mol. The molecule has 0 saturated heterocycles. The van der Waals surface area contributed by atoms with E-state index in [1.165, 1.54) is 0 Å². The van der Waals surface area contributed by atoms with Gasteiger partial charge in [0, 0.05) is 6.54 Å². The molecule has 0 aliphatic carbocycles. The van der Waals surface area contributed by atoms with Crippen LogP contribution in [0.2, 0.25) is 0 Å². The van der Waals surface area contributed by atoms with E-state index in [1.54, 1.807) is 12.4 Å². The Labute approximate surface area is 95.3 Å². The third-order valence-corrected chi connectivity index (χ3v) is 1.91. The van der Waals surface area contributed by atoms with Crippen LogP contribution in [0.25, 0.3) is 0 Å². The fraction of sp³-hybridized carbons (Fsp3) is 0.500. The van der Waals surface area contributed by atoms with Crippen molar-refractivity contribution in [3.8, 4) is 0 Å². The minimum absolute atomic E-state index is 0.212. The first-order valence-electron chi connectivity index (χ1n) is 4.74. The molecule has 0 unspecified atom stereocenters. The smallest absolute Gasteiger partial charge is 0.144 e. The van der Waals surface area contributed by atoms with Crippen molar-refractivity contribution in [2.24, 2.45) is 11.1 Å². The van der Waals surface area contributed by atoms with Gasteiger partial charge in [0.25, 0.3) is 0 Å². The molecule has 0 spiro atoms. The summed E-state index contributed by atoms with van der Waals surface area (Å²) in [6.45, 7) is 7.29. The molecular weight excluding hydrogens is 208 g/mol. The van der Waals surface area contributed by atoms with Crippen LogP contribution in [-0.2, 0) is 0 Å². The first kappa shape index (κ1) is 11.8. The monoisotopic (exact) mass is 224 g/mol. The molecule has 1 aromatic heterocycles. The van der Waals surface area contributed by atoms with Gasteiger partial charge in [0.05, 0.1) is 12.4 Å². The topological polar surface area (TPSA) is 63.8 Å². The summed E-state index contributed by atoms with van der Waals surface area (Å²) in [5.74, 6) is 0.741. The largest absolute Gasteiger partial charge is 0.388 e. The molecule has 3 N–H and O–H groups in total. The van der Waals surface area contributed by atoms with Crippen LogP contribution in [0.3, 0.4) is 0 Å². The van der Waals surface area contributed by atoms with Crippen LogP contribution in [0.1, 0.15) is 26.5 Å². The van der Waals surface area contributed by atoms with Gasteiger partial charge in [-0.1, -0.05) is 33.0 Å². The average Bonchev–Trinajstić information content (AvgIpc) is 2.14. The normalized spacial score (nSPS) is 11.1. The Kier molecular flexibility index (Phi) is 3.57. The van der Waals surface area contributed by atoms with E-state index in [0.29, 0.717) is 5.69 Å². The standard InChI is InChI=1S/C10H16N4S/c1-10(2,3)6-14-8-5-12-7(4-13-8)9(11)15/h4-5H,6H2,1-3H3,(H2,11,15)(H,13,14). The highest BCUT2D eigenvalue weighted by atomic mass is 32.1. The Morgan fingerprint density at radius 1 is 1.40 bits per heavy atom. The molecule has 15 heavy (non-hydrogen) atoms. The molecule has 1 rings (SSSR count). The average molecular weight is 224 g/mol. The van der Waals surface area contributed by atoms with Crippen LogP contribution >= 0.6 is 12.2 Å². The first-order chi connectivity index (χ1) is 6.88. The highest BCUT2D eigenvalue weighted by Crippen LogP contribution is 2.13. The highest BCUT2D eigenvalue weighted by molar-refractivity contribution is 7.80. The third kappa shape index (κ3) is 4.20. The van der Waals surface area contributed by atoms with Crippen LogP contribution in [0.5, 0.6) is 0 Å². The molecule has 0 aliphatic heterocycles. The Balaban J connectivity index is 2.61. The van der Waals surface area contributed by atoms with Crippen LogP contribution < -0.4 is 11.1 Å². The lowest BCUT2D eigenvalue weighted by Gasteiger charge is -2.18. The number of nitrogens with two attached hydrogens (primary N) is 1. The number of nitrogens with one attached hydrogen (secondary N) is 1. The number of hydrogen-bond acceptors (Lipinski definition) is 4. The third-order valence-electron chi connectivity index (χ3n) is 1.70. The second-order valence-corrected chi connectivity index (χ2v) is 5.01. The molecule has 82 valence electrons. The maximum atomic E-state index is 5.42.